The van der Waals surface area contributed by atoms with Gasteiger partial charge in [0.2, 0.25) is 0 Å². The van der Waals surface area contributed by atoms with Gasteiger partial charge in [-0.05, 0) is 31.2 Å². The Morgan fingerprint density at radius 1 is 1.31 bits per heavy atom. The van der Waals surface area contributed by atoms with E-state index in [1.165, 1.54) is 11.1 Å². The van der Waals surface area contributed by atoms with Crippen molar-refractivity contribution >= 4 is 12.4 Å². The van der Waals surface area contributed by atoms with Crippen LogP contribution in [0.25, 0.3) is 0 Å². The lowest BCUT2D eigenvalue weighted by Gasteiger charge is -2.28. The summed E-state index contributed by atoms with van der Waals surface area (Å²) in [5.41, 5.74) is 8.84. The second-order valence-electron chi connectivity index (χ2n) is 4.39. The van der Waals surface area contributed by atoms with Gasteiger partial charge in [-0.3, -0.25) is 0 Å². The molecule has 90 valence electrons. The maximum absolute atomic E-state index is 6.28. The van der Waals surface area contributed by atoms with Crippen molar-refractivity contribution < 1.29 is 4.74 Å². The molecule has 1 aromatic rings. The van der Waals surface area contributed by atoms with Crippen LogP contribution in [0.4, 0.5) is 0 Å². The number of aryl methyl sites for hydroxylation is 1. The van der Waals surface area contributed by atoms with E-state index in [9.17, 15) is 0 Å². The van der Waals surface area contributed by atoms with Gasteiger partial charge in [-0.25, -0.2) is 0 Å². The maximum atomic E-state index is 6.28. The maximum Gasteiger partial charge on any atom is 0.0469 e. The summed E-state index contributed by atoms with van der Waals surface area (Å²) < 4.78 is 5.35. The van der Waals surface area contributed by atoms with Crippen LogP contribution in [0.15, 0.2) is 24.3 Å². The predicted octanol–water partition coefficient (Wildman–Crippen LogP) is 2.84. The standard InChI is InChI=1S/C13H19NO.ClH/c1-10-3-2-4-12(9-10)13(14)11-5-7-15-8-6-11;/h2-4,9,11,13H,5-8,14H2,1H3;1H/t13-;/m1./s1. The molecular weight excluding hydrogens is 222 g/mol. The van der Waals surface area contributed by atoms with Crippen LogP contribution in [0, 0.1) is 12.8 Å². The summed E-state index contributed by atoms with van der Waals surface area (Å²) in [5.74, 6) is 0.584. The molecule has 0 amide bonds. The van der Waals surface area contributed by atoms with Gasteiger partial charge < -0.3 is 10.5 Å². The third-order valence-electron chi connectivity index (χ3n) is 3.20. The Balaban J connectivity index is 0.00000128. The molecule has 1 saturated heterocycles. The van der Waals surface area contributed by atoms with Crippen LogP contribution >= 0.6 is 12.4 Å². The molecule has 1 aliphatic heterocycles. The minimum absolute atomic E-state index is 0. The van der Waals surface area contributed by atoms with Crippen LogP contribution in [-0.4, -0.2) is 13.2 Å². The fraction of sp³-hybridized carbons (Fsp3) is 0.538. The molecule has 0 radical (unpaired) electrons. The zero-order chi connectivity index (χ0) is 10.7. The number of nitrogens with two attached hydrogens (primary N) is 1. The van der Waals surface area contributed by atoms with Gasteiger partial charge in [-0.1, -0.05) is 29.8 Å². The fourth-order valence-electron chi connectivity index (χ4n) is 2.22. The Hall–Kier alpha value is -0.570. The zero-order valence-corrected chi connectivity index (χ0v) is 10.5. The van der Waals surface area contributed by atoms with Crippen molar-refractivity contribution in [3.05, 3.63) is 35.4 Å². The number of halogens is 1. The van der Waals surface area contributed by atoms with Crippen LogP contribution in [0.3, 0.4) is 0 Å². The Labute approximate surface area is 104 Å². The third kappa shape index (κ3) is 3.21. The van der Waals surface area contributed by atoms with Gasteiger partial charge in [0.25, 0.3) is 0 Å². The average molecular weight is 242 g/mol. The van der Waals surface area contributed by atoms with Gasteiger partial charge in [-0.2, -0.15) is 0 Å². The first-order valence-electron chi connectivity index (χ1n) is 5.67. The van der Waals surface area contributed by atoms with E-state index >= 15 is 0 Å². The normalized spacial score (nSPS) is 18.9. The highest BCUT2D eigenvalue weighted by molar-refractivity contribution is 5.85. The predicted molar refractivity (Wildman–Crippen MR) is 68.9 cm³/mol. The van der Waals surface area contributed by atoms with Gasteiger partial charge >= 0.3 is 0 Å². The van der Waals surface area contributed by atoms with Gasteiger partial charge in [0.05, 0.1) is 0 Å². The van der Waals surface area contributed by atoms with Crippen molar-refractivity contribution in [2.75, 3.05) is 13.2 Å². The summed E-state index contributed by atoms with van der Waals surface area (Å²) in [7, 11) is 0. The molecule has 1 heterocycles. The van der Waals surface area contributed by atoms with Crippen molar-refractivity contribution in [1.82, 2.24) is 0 Å². The highest BCUT2D eigenvalue weighted by Gasteiger charge is 2.21. The van der Waals surface area contributed by atoms with E-state index in [-0.39, 0.29) is 18.4 Å². The summed E-state index contributed by atoms with van der Waals surface area (Å²) in [6.07, 6.45) is 2.18. The molecule has 2 nitrogen and oxygen atoms in total. The summed E-state index contributed by atoms with van der Waals surface area (Å²) in [6, 6.07) is 8.70. The largest absolute Gasteiger partial charge is 0.381 e. The monoisotopic (exact) mass is 241 g/mol. The first-order chi connectivity index (χ1) is 7.27. The van der Waals surface area contributed by atoms with E-state index in [4.69, 9.17) is 10.5 Å². The SMILES string of the molecule is Cc1cccc([C@H](N)C2CCOCC2)c1.Cl. The Morgan fingerprint density at radius 2 is 2.00 bits per heavy atom. The highest BCUT2D eigenvalue weighted by Crippen LogP contribution is 2.28. The summed E-state index contributed by atoms with van der Waals surface area (Å²) in [6.45, 7) is 3.84. The van der Waals surface area contributed by atoms with Gasteiger partial charge in [-0.15, -0.1) is 12.4 Å². The molecule has 1 aliphatic rings. The molecule has 0 aromatic heterocycles. The molecule has 3 heteroatoms. The highest BCUT2D eigenvalue weighted by atomic mass is 35.5. The van der Waals surface area contributed by atoms with Crippen LogP contribution in [0.5, 0.6) is 0 Å². The average Bonchev–Trinajstić information content (AvgIpc) is 2.29. The Morgan fingerprint density at radius 3 is 2.62 bits per heavy atom. The van der Waals surface area contributed by atoms with Gasteiger partial charge in [0.15, 0.2) is 0 Å². The molecule has 0 spiro atoms. The van der Waals surface area contributed by atoms with Crippen molar-refractivity contribution in [3.63, 3.8) is 0 Å². The zero-order valence-electron chi connectivity index (χ0n) is 9.69. The number of ether oxygens (including phenoxy) is 1. The number of rotatable bonds is 2. The lowest BCUT2D eigenvalue weighted by Crippen LogP contribution is -2.27. The molecule has 1 aromatic carbocycles. The van der Waals surface area contributed by atoms with E-state index in [1.54, 1.807) is 0 Å². The topological polar surface area (TPSA) is 35.2 Å². The molecule has 0 bridgehead atoms. The lowest BCUT2D eigenvalue weighted by atomic mass is 9.87. The van der Waals surface area contributed by atoms with Crippen LogP contribution in [-0.2, 0) is 4.74 Å². The fourth-order valence-corrected chi connectivity index (χ4v) is 2.22. The van der Waals surface area contributed by atoms with Crippen molar-refractivity contribution in [3.8, 4) is 0 Å². The minimum Gasteiger partial charge on any atom is -0.381 e. The number of hydrogen-bond acceptors (Lipinski definition) is 2. The summed E-state index contributed by atoms with van der Waals surface area (Å²) in [4.78, 5) is 0. The Kier molecular flexibility index (Phi) is 5.26. The first-order valence-corrected chi connectivity index (χ1v) is 5.67. The van der Waals surface area contributed by atoms with Crippen molar-refractivity contribution in [2.45, 2.75) is 25.8 Å². The molecule has 1 atom stereocenters. The van der Waals surface area contributed by atoms with Gasteiger partial charge in [0, 0.05) is 19.3 Å². The van der Waals surface area contributed by atoms with Crippen molar-refractivity contribution in [1.29, 1.82) is 0 Å². The second-order valence-corrected chi connectivity index (χ2v) is 4.39. The number of hydrogen-bond donors (Lipinski definition) is 1. The third-order valence-corrected chi connectivity index (χ3v) is 3.20. The molecular formula is C13H20ClNO. The molecule has 16 heavy (non-hydrogen) atoms. The lowest BCUT2D eigenvalue weighted by molar-refractivity contribution is 0.0584. The van der Waals surface area contributed by atoms with Crippen LogP contribution in [0.1, 0.15) is 30.0 Å². The molecule has 0 aliphatic carbocycles. The first kappa shape index (κ1) is 13.5. The Bertz CT molecular complexity index is 323. The second kappa shape index (κ2) is 6.24. The molecule has 0 saturated carbocycles. The quantitative estimate of drug-likeness (QED) is 0.864. The van der Waals surface area contributed by atoms with E-state index in [0.29, 0.717) is 5.92 Å². The van der Waals surface area contributed by atoms with E-state index in [1.807, 2.05) is 0 Å². The minimum atomic E-state index is 0. The molecule has 2 N–H and O–H groups in total. The van der Waals surface area contributed by atoms with Gasteiger partial charge in [0.1, 0.15) is 0 Å². The number of benzene rings is 1. The summed E-state index contributed by atoms with van der Waals surface area (Å²) in [5, 5.41) is 0. The van der Waals surface area contributed by atoms with E-state index in [0.717, 1.165) is 26.1 Å². The summed E-state index contributed by atoms with van der Waals surface area (Å²) >= 11 is 0. The molecule has 1 fully saturated rings. The smallest absolute Gasteiger partial charge is 0.0469 e. The molecule has 0 unspecified atom stereocenters. The van der Waals surface area contributed by atoms with Crippen LogP contribution < -0.4 is 5.73 Å². The van der Waals surface area contributed by atoms with E-state index < -0.39 is 0 Å². The van der Waals surface area contributed by atoms with E-state index in [2.05, 4.69) is 31.2 Å². The van der Waals surface area contributed by atoms with Crippen molar-refractivity contribution in [2.24, 2.45) is 11.7 Å². The molecule has 2 rings (SSSR count). The van der Waals surface area contributed by atoms with Crippen LogP contribution in [0.2, 0.25) is 0 Å².